The van der Waals surface area contributed by atoms with E-state index >= 15 is 0 Å². The summed E-state index contributed by atoms with van der Waals surface area (Å²) in [6.07, 6.45) is 29.1. The number of unbranched alkanes of at least 4 members (excludes halogenated alkanes) is 20. The van der Waals surface area contributed by atoms with Crippen LogP contribution in [0, 0.1) is 0 Å². The Morgan fingerprint density at radius 3 is 1.17 bits per heavy atom. The lowest BCUT2D eigenvalue weighted by atomic mass is 9.85. The van der Waals surface area contributed by atoms with Crippen LogP contribution in [0.4, 0.5) is 0 Å². The van der Waals surface area contributed by atoms with Crippen molar-refractivity contribution >= 4 is 23.9 Å². The molecule has 0 saturated heterocycles. The number of carbonyl (C=O) groups is 4. The normalized spacial score (nSPS) is 11.5. The Bertz CT molecular complexity index is 764. The maximum atomic E-state index is 13.2. The molecule has 0 bridgehead atoms. The fraction of sp³-hybridized carbons (Fsp3) is 0.900. The van der Waals surface area contributed by atoms with Gasteiger partial charge in [-0.15, -0.1) is 0 Å². The molecule has 0 aromatic carbocycles. The number of hydrogen-bond donors (Lipinski definition) is 2. The molecule has 0 fully saturated rings. The number of carbonyl (C=O) groups excluding carboxylic acids is 2. The molecule has 282 valence electrons. The van der Waals surface area contributed by atoms with Gasteiger partial charge in [0.25, 0.3) is 0 Å². The van der Waals surface area contributed by atoms with Gasteiger partial charge in [0.05, 0.1) is 6.61 Å². The summed E-state index contributed by atoms with van der Waals surface area (Å²) in [7, 11) is 0. The van der Waals surface area contributed by atoms with E-state index < -0.39 is 17.5 Å². The second-order valence-electron chi connectivity index (χ2n) is 14.0. The van der Waals surface area contributed by atoms with Gasteiger partial charge in [0.15, 0.2) is 0 Å². The second-order valence-corrected chi connectivity index (χ2v) is 14.0. The molecule has 0 aliphatic rings. The van der Waals surface area contributed by atoms with Crippen LogP contribution in [-0.4, -0.2) is 46.3 Å². The zero-order chi connectivity index (χ0) is 35.6. The van der Waals surface area contributed by atoms with Crippen molar-refractivity contribution in [3.63, 3.8) is 0 Å². The highest BCUT2D eigenvalue weighted by molar-refractivity contribution is 5.70. The van der Waals surface area contributed by atoms with Crippen molar-refractivity contribution in [2.45, 2.75) is 225 Å². The molecule has 0 aromatic rings. The molecular weight excluding hydrogens is 608 g/mol. The molecule has 0 spiro atoms. The molecule has 0 saturated carbocycles. The predicted octanol–water partition coefficient (Wildman–Crippen LogP) is 11.5. The van der Waals surface area contributed by atoms with E-state index in [2.05, 4.69) is 13.8 Å². The summed E-state index contributed by atoms with van der Waals surface area (Å²) in [5, 5.41) is 17.7. The standard InChI is InChI=1S/C40H74O8/c1-3-5-7-15-23-30-38(45)47-35-27-34-40(48-39(46)31-24-16-8-6-4-2,32-25-19-13-9-11-17-21-28-36(41)42)33-26-20-14-10-12-18-22-29-37(43)44/h3-35H2,1-2H3,(H,41,42)(H,43,44). The molecule has 0 aromatic heterocycles. The maximum absolute atomic E-state index is 13.2. The van der Waals surface area contributed by atoms with Gasteiger partial charge in [0.2, 0.25) is 0 Å². The zero-order valence-electron chi connectivity index (χ0n) is 31.2. The number of aliphatic carboxylic acids is 2. The van der Waals surface area contributed by atoms with E-state index in [0.717, 1.165) is 141 Å². The van der Waals surface area contributed by atoms with E-state index in [1.165, 1.54) is 25.7 Å². The van der Waals surface area contributed by atoms with Crippen LogP contribution in [0.25, 0.3) is 0 Å². The lowest BCUT2D eigenvalue weighted by Gasteiger charge is -2.34. The van der Waals surface area contributed by atoms with Crippen LogP contribution in [0.5, 0.6) is 0 Å². The lowest BCUT2D eigenvalue weighted by molar-refractivity contribution is -0.164. The van der Waals surface area contributed by atoms with Gasteiger partial charge in [-0.2, -0.15) is 0 Å². The van der Waals surface area contributed by atoms with E-state index in [9.17, 15) is 19.2 Å². The van der Waals surface area contributed by atoms with E-state index in [1.807, 2.05) is 0 Å². The highest BCUT2D eigenvalue weighted by Crippen LogP contribution is 2.33. The van der Waals surface area contributed by atoms with Crippen molar-refractivity contribution in [1.82, 2.24) is 0 Å². The maximum Gasteiger partial charge on any atom is 0.306 e. The molecule has 0 radical (unpaired) electrons. The third kappa shape index (κ3) is 31.2. The Hall–Kier alpha value is -2.12. The van der Waals surface area contributed by atoms with E-state index in [-0.39, 0.29) is 24.8 Å². The highest BCUT2D eigenvalue weighted by Gasteiger charge is 2.33. The first-order chi connectivity index (χ1) is 23.2. The number of carboxylic acids is 2. The number of carboxylic acid groups (broad SMARTS) is 2. The van der Waals surface area contributed by atoms with Gasteiger partial charge in [-0.05, 0) is 64.2 Å². The van der Waals surface area contributed by atoms with Gasteiger partial charge in [-0.1, -0.05) is 129 Å². The van der Waals surface area contributed by atoms with Gasteiger partial charge in [0, 0.05) is 25.7 Å². The molecule has 8 nitrogen and oxygen atoms in total. The fourth-order valence-corrected chi connectivity index (χ4v) is 6.43. The zero-order valence-corrected chi connectivity index (χ0v) is 31.2. The molecule has 8 heteroatoms. The quantitative estimate of drug-likeness (QED) is 0.0489. The minimum Gasteiger partial charge on any atom is -0.481 e. The molecule has 0 aliphatic carbocycles. The third-order valence-corrected chi connectivity index (χ3v) is 9.39. The summed E-state index contributed by atoms with van der Waals surface area (Å²) in [4.78, 5) is 47.1. The minimum absolute atomic E-state index is 0.104. The Morgan fingerprint density at radius 2 is 0.750 bits per heavy atom. The van der Waals surface area contributed by atoms with E-state index in [1.54, 1.807) is 0 Å². The van der Waals surface area contributed by atoms with Crippen LogP contribution in [-0.2, 0) is 28.7 Å². The minimum atomic E-state index is -0.727. The van der Waals surface area contributed by atoms with Crippen molar-refractivity contribution < 1.29 is 38.9 Å². The van der Waals surface area contributed by atoms with Crippen molar-refractivity contribution in [3.8, 4) is 0 Å². The highest BCUT2D eigenvalue weighted by atomic mass is 16.6. The first-order valence-corrected chi connectivity index (χ1v) is 20.1. The molecule has 0 aliphatic heterocycles. The van der Waals surface area contributed by atoms with Gasteiger partial charge >= 0.3 is 23.9 Å². The fourth-order valence-electron chi connectivity index (χ4n) is 6.43. The topological polar surface area (TPSA) is 127 Å². The Balaban J connectivity index is 5.15. The van der Waals surface area contributed by atoms with Crippen molar-refractivity contribution in [2.24, 2.45) is 0 Å². The average molecular weight is 683 g/mol. The van der Waals surface area contributed by atoms with Crippen molar-refractivity contribution in [2.75, 3.05) is 6.61 Å². The van der Waals surface area contributed by atoms with Crippen molar-refractivity contribution in [1.29, 1.82) is 0 Å². The van der Waals surface area contributed by atoms with Crippen LogP contribution in [0.15, 0.2) is 0 Å². The Kier molecular flexibility index (Phi) is 31.9. The summed E-state index contributed by atoms with van der Waals surface area (Å²) in [5.41, 5.74) is -0.546. The lowest BCUT2D eigenvalue weighted by Crippen LogP contribution is -2.36. The smallest absolute Gasteiger partial charge is 0.306 e. The molecule has 0 rings (SSSR count). The van der Waals surface area contributed by atoms with Crippen LogP contribution in [0.1, 0.15) is 219 Å². The molecule has 0 unspecified atom stereocenters. The summed E-state index contributed by atoms with van der Waals surface area (Å²) < 4.78 is 12.0. The Labute approximate surface area is 293 Å². The van der Waals surface area contributed by atoms with Crippen LogP contribution in [0.2, 0.25) is 0 Å². The third-order valence-electron chi connectivity index (χ3n) is 9.39. The predicted molar refractivity (Wildman–Crippen MR) is 194 cm³/mol. The summed E-state index contributed by atoms with van der Waals surface area (Å²) in [6, 6.07) is 0. The molecular formula is C40H74O8. The SMILES string of the molecule is CCCCCCCC(=O)OCCCC(CCCCCCCCCC(=O)O)(CCCCCCCCCC(=O)O)OC(=O)CCCCCCC. The summed E-state index contributed by atoms with van der Waals surface area (Å²) >= 11 is 0. The van der Waals surface area contributed by atoms with Crippen LogP contribution < -0.4 is 0 Å². The number of ether oxygens (including phenoxy) is 2. The van der Waals surface area contributed by atoms with Gasteiger partial charge in [-0.3, -0.25) is 19.2 Å². The van der Waals surface area contributed by atoms with Gasteiger partial charge in [-0.25, -0.2) is 0 Å². The van der Waals surface area contributed by atoms with E-state index in [0.29, 0.717) is 32.3 Å². The first kappa shape index (κ1) is 45.9. The monoisotopic (exact) mass is 683 g/mol. The first-order valence-electron chi connectivity index (χ1n) is 20.1. The van der Waals surface area contributed by atoms with Crippen LogP contribution in [0.3, 0.4) is 0 Å². The molecule has 48 heavy (non-hydrogen) atoms. The van der Waals surface area contributed by atoms with E-state index in [4.69, 9.17) is 19.7 Å². The largest absolute Gasteiger partial charge is 0.481 e. The number of rotatable bonds is 37. The van der Waals surface area contributed by atoms with Gasteiger partial charge in [0.1, 0.15) is 5.60 Å². The van der Waals surface area contributed by atoms with Gasteiger partial charge < -0.3 is 19.7 Å². The van der Waals surface area contributed by atoms with Crippen molar-refractivity contribution in [3.05, 3.63) is 0 Å². The molecule has 0 atom stereocenters. The number of hydrogen-bond acceptors (Lipinski definition) is 6. The summed E-state index contributed by atoms with van der Waals surface area (Å²) in [6.45, 7) is 4.73. The molecule has 2 N–H and O–H groups in total. The molecule has 0 heterocycles. The second kappa shape index (κ2) is 33.4. The number of esters is 2. The average Bonchev–Trinajstić information content (AvgIpc) is 3.04. The molecule has 0 amide bonds. The summed E-state index contributed by atoms with van der Waals surface area (Å²) in [5.74, 6) is -1.69. The van der Waals surface area contributed by atoms with Crippen LogP contribution >= 0.6 is 0 Å². The Morgan fingerprint density at radius 1 is 0.417 bits per heavy atom.